The Kier molecular flexibility index (Phi) is 2.07. The number of aromatic amines is 1. The minimum Gasteiger partial charge on any atom is -0.345 e. The van der Waals surface area contributed by atoms with Crippen molar-refractivity contribution in [2.45, 2.75) is 0 Å². The highest BCUT2D eigenvalue weighted by Gasteiger charge is 2.09. The number of imidazole rings is 2. The second-order valence-electron chi connectivity index (χ2n) is 3.63. The highest BCUT2D eigenvalue weighted by molar-refractivity contribution is 9.10. The predicted octanol–water partition coefficient (Wildman–Crippen LogP) is 2.73. The van der Waals surface area contributed by atoms with Crippen LogP contribution in [-0.4, -0.2) is 19.5 Å². The summed E-state index contributed by atoms with van der Waals surface area (Å²) in [4.78, 5) is 11.5. The van der Waals surface area contributed by atoms with Crippen LogP contribution in [0.25, 0.3) is 22.3 Å². The van der Waals surface area contributed by atoms with E-state index in [-0.39, 0.29) is 0 Å². The molecule has 2 aromatic heterocycles. The highest BCUT2D eigenvalue weighted by Crippen LogP contribution is 2.28. The second-order valence-corrected chi connectivity index (χ2v) is 4.38. The van der Waals surface area contributed by atoms with E-state index in [1.807, 2.05) is 23.7 Å². The number of rotatable bonds is 1. The molecular formula is C11H9BrN4. The minimum absolute atomic E-state index is 0.855. The van der Waals surface area contributed by atoms with Gasteiger partial charge in [0.25, 0.3) is 0 Å². The molecule has 1 aromatic carbocycles. The van der Waals surface area contributed by atoms with Crippen molar-refractivity contribution >= 4 is 27.0 Å². The summed E-state index contributed by atoms with van der Waals surface area (Å²) in [6, 6.07) is 6.12. The molecule has 4 nitrogen and oxygen atoms in total. The molecule has 0 aliphatic rings. The molecule has 0 spiro atoms. The van der Waals surface area contributed by atoms with Gasteiger partial charge in [-0.05, 0) is 28.1 Å². The van der Waals surface area contributed by atoms with Gasteiger partial charge in [0.05, 0.1) is 29.4 Å². The molecule has 0 atom stereocenters. The lowest BCUT2D eigenvalue weighted by atomic mass is 10.1. The lowest BCUT2D eigenvalue weighted by molar-refractivity contribution is 0.921. The van der Waals surface area contributed by atoms with E-state index in [2.05, 4.69) is 36.9 Å². The van der Waals surface area contributed by atoms with Gasteiger partial charge in [-0.25, -0.2) is 9.97 Å². The first-order chi connectivity index (χ1) is 7.75. The average Bonchev–Trinajstić information content (AvgIpc) is 2.85. The summed E-state index contributed by atoms with van der Waals surface area (Å²) in [5.41, 5.74) is 4.19. The number of aromatic nitrogens is 4. The largest absolute Gasteiger partial charge is 0.345 e. The van der Waals surface area contributed by atoms with Crippen LogP contribution in [0.15, 0.2) is 35.5 Å². The standard InChI is InChI=1S/C11H9BrN4/c1-16-6-15-11(12)10(16)7-2-3-8-9(4-7)14-5-13-8/h2-6H,1H3,(H,13,14). The third-order valence-electron chi connectivity index (χ3n) is 2.59. The number of hydrogen-bond acceptors (Lipinski definition) is 2. The monoisotopic (exact) mass is 276 g/mol. The van der Waals surface area contributed by atoms with Gasteiger partial charge in [-0.1, -0.05) is 6.07 Å². The molecule has 0 saturated carbocycles. The number of benzene rings is 1. The lowest BCUT2D eigenvalue weighted by Crippen LogP contribution is -1.89. The summed E-state index contributed by atoms with van der Waals surface area (Å²) < 4.78 is 2.84. The fraction of sp³-hybridized carbons (Fsp3) is 0.0909. The first kappa shape index (κ1) is 9.59. The van der Waals surface area contributed by atoms with Crippen LogP contribution in [0.4, 0.5) is 0 Å². The maximum Gasteiger partial charge on any atom is 0.132 e. The molecule has 80 valence electrons. The Balaban J connectivity index is 2.25. The fourth-order valence-corrected chi connectivity index (χ4v) is 2.41. The summed E-state index contributed by atoms with van der Waals surface area (Å²) >= 11 is 3.45. The van der Waals surface area contributed by atoms with Crippen LogP contribution < -0.4 is 0 Å². The van der Waals surface area contributed by atoms with Crippen molar-refractivity contribution in [1.29, 1.82) is 0 Å². The molecule has 1 N–H and O–H groups in total. The molecule has 2 heterocycles. The Morgan fingerprint density at radius 3 is 2.94 bits per heavy atom. The van der Waals surface area contributed by atoms with Crippen LogP contribution in [0.1, 0.15) is 0 Å². The van der Waals surface area contributed by atoms with Crippen LogP contribution in [0.3, 0.4) is 0 Å². The van der Waals surface area contributed by atoms with Gasteiger partial charge >= 0.3 is 0 Å². The Morgan fingerprint density at radius 1 is 1.31 bits per heavy atom. The van der Waals surface area contributed by atoms with Gasteiger partial charge in [-0.15, -0.1) is 0 Å². The molecule has 0 saturated heterocycles. The van der Waals surface area contributed by atoms with Crippen LogP contribution >= 0.6 is 15.9 Å². The van der Waals surface area contributed by atoms with E-state index in [0.29, 0.717) is 0 Å². The third kappa shape index (κ3) is 1.36. The van der Waals surface area contributed by atoms with Gasteiger partial charge in [0, 0.05) is 12.6 Å². The number of H-pyrrole nitrogens is 1. The Labute approximate surface area is 100 Å². The van der Waals surface area contributed by atoms with Gasteiger partial charge in [0.15, 0.2) is 0 Å². The lowest BCUT2D eigenvalue weighted by Gasteiger charge is -2.03. The average molecular weight is 277 g/mol. The topological polar surface area (TPSA) is 46.5 Å². The molecule has 0 amide bonds. The second kappa shape index (κ2) is 3.45. The van der Waals surface area contributed by atoms with Gasteiger partial charge in [-0.3, -0.25) is 0 Å². The van der Waals surface area contributed by atoms with Crippen molar-refractivity contribution in [1.82, 2.24) is 19.5 Å². The van der Waals surface area contributed by atoms with E-state index in [9.17, 15) is 0 Å². The summed E-state index contributed by atoms with van der Waals surface area (Å²) in [5.74, 6) is 0. The van der Waals surface area contributed by atoms with Crippen molar-refractivity contribution in [2.24, 2.45) is 7.05 Å². The van der Waals surface area contributed by atoms with Crippen LogP contribution in [0, 0.1) is 0 Å². The zero-order chi connectivity index (χ0) is 11.1. The number of nitrogens with zero attached hydrogens (tertiary/aromatic N) is 3. The molecule has 3 rings (SSSR count). The molecule has 0 radical (unpaired) electrons. The quantitative estimate of drug-likeness (QED) is 0.743. The molecule has 0 aliphatic carbocycles. The number of fused-ring (bicyclic) bond motifs is 1. The Bertz CT molecular complexity index is 633. The molecule has 16 heavy (non-hydrogen) atoms. The van der Waals surface area contributed by atoms with Crippen molar-refractivity contribution in [3.63, 3.8) is 0 Å². The number of hydrogen-bond donors (Lipinski definition) is 1. The van der Waals surface area contributed by atoms with E-state index >= 15 is 0 Å². The third-order valence-corrected chi connectivity index (χ3v) is 3.17. The molecule has 0 unspecified atom stereocenters. The summed E-state index contributed by atoms with van der Waals surface area (Å²) in [6.07, 6.45) is 3.49. The normalized spacial score (nSPS) is 11.1. The van der Waals surface area contributed by atoms with Gasteiger partial charge in [0.2, 0.25) is 0 Å². The van der Waals surface area contributed by atoms with E-state index in [4.69, 9.17) is 0 Å². The van der Waals surface area contributed by atoms with Gasteiger partial charge in [0.1, 0.15) is 4.60 Å². The summed E-state index contributed by atoms with van der Waals surface area (Å²) in [7, 11) is 1.98. The van der Waals surface area contributed by atoms with E-state index in [1.165, 1.54) is 0 Å². The summed E-state index contributed by atoms with van der Waals surface area (Å²) in [5, 5.41) is 0. The van der Waals surface area contributed by atoms with E-state index < -0.39 is 0 Å². The van der Waals surface area contributed by atoms with Crippen LogP contribution in [0.2, 0.25) is 0 Å². The number of nitrogens with one attached hydrogen (secondary N) is 1. The van der Waals surface area contributed by atoms with Crippen molar-refractivity contribution in [3.05, 3.63) is 35.5 Å². The van der Waals surface area contributed by atoms with Crippen LogP contribution in [-0.2, 0) is 7.05 Å². The molecular weight excluding hydrogens is 268 g/mol. The Morgan fingerprint density at radius 2 is 2.19 bits per heavy atom. The van der Waals surface area contributed by atoms with E-state index in [1.54, 1.807) is 12.7 Å². The number of halogens is 1. The van der Waals surface area contributed by atoms with E-state index in [0.717, 1.165) is 26.9 Å². The first-order valence-corrected chi connectivity index (χ1v) is 5.65. The SMILES string of the molecule is Cn1cnc(Br)c1-c1ccc2nc[nH]c2c1. The Hall–Kier alpha value is -1.62. The minimum atomic E-state index is 0.855. The molecule has 3 aromatic rings. The summed E-state index contributed by atoms with van der Waals surface area (Å²) in [6.45, 7) is 0. The van der Waals surface area contributed by atoms with Crippen molar-refractivity contribution < 1.29 is 0 Å². The predicted molar refractivity (Wildman–Crippen MR) is 66.0 cm³/mol. The van der Waals surface area contributed by atoms with Crippen molar-refractivity contribution in [2.75, 3.05) is 0 Å². The maximum atomic E-state index is 4.21. The smallest absolute Gasteiger partial charge is 0.132 e. The van der Waals surface area contributed by atoms with Crippen LogP contribution in [0.5, 0.6) is 0 Å². The molecule has 0 fully saturated rings. The molecule has 0 bridgehead atoms. The maximum absolute atomic E-state index is 4.21. The number of aryl methyl sites for hydroxylation is 1. The molecule has 5 heteroatoms. The van der Waals surface area contributed by atoms with Gasteiger partial charge in [-0.2, -0.15) is 0 Å². The zero-order valence-corrected chi connectivity index (χ0v) is 10.2. The zero-order valence-electron chi connectivity index (χ0n) is 8.61. The first-order valence-electron chi connectivity index (χ1n) is 4.86. The van der Waals surface area contributed by atoms with Gasteiger partial charge < -0.3 is 9.55 Å². The highest BCUT2D eigenvalue weighted by atomic mass is 79.9. The van der Waals surface area contributed by atoms with Crippen molar-refractivity contribution in [3.8, 4) is 11.3 Å². The molecule has 0 aliphatic heterocycles. The fourth-order valence-electron chi connectivity index (χ4n) is 1.81.